The van der Waals surface area contributed by atoms with Gasteiger partial charge in [0.15, 0.2) is 0 Å². The van der Waals surface area contributed by atoms with E-state index < -0.39 is 6.04 Å². The molecule has 25 heavy (non-hydrogen) atoms. The molecule has 1 aliphatic rings. The molecule has 1 N–H and O–H groups in total. The molecule has 1 saturated heterocycles. The van der Waals surface area contributed by atoms with Gasteiger partial charge in [-0.1, -0.05) is 36.4 Å². The smallest absolute Gasteiger partial charge is 0.287 e. The summed E-state index contributed by atoms with van der Waals surface area (Å²) in [6.45, 7) is 0.931. The van der Waals surface area contributed by atoms with E-state index in [1.807, 2.05) is 12.1 Å². The van der Waals surface area contributed by atoms with Crippen LogP contribution in [0.25, 0.3) is 10.9 Å². The maximum atomic E-state index is 11.8. The van der Waals surface area contributed by atoms with Crippen molar-refractivity contribution in [3.8, 4) is 0 Å². The Hall–Kier alpha value is -2.53. The molecule has 0 bridgehead atoms. The lowest BCUT2D eigenvalue weighted by molar-refractivity contribution is -0.112. The van der Waals surface area contributed by atoms with Gasteiger partial charge in [-0.2, -0.15) is 0 Å². The second kappa shape index (κ2) is 6.76. The van der Waals surface area contributed by atoms with Gasteiger partial charge in [-0.15, -0.1) is 0 Å². The van der Waals surface area contributed by atoms with Crippen LogP contribution in [0.1, 0.15) is 11.1 Å². The molecule has 1 atom stereocenters. The fourth-order valence-electron chi connectivity index (χ4n) is 3.23. The molecule has 4 rings (SSSR count). The van der Waals surface area contributed by atoms with Crippen LogP contribution >= 0.6 is 11.8 Å². The molecule has 1 unspecified atom stereocenters. The highest BCUT2D eigenvalue weighted by atomic mass is 32.2. The number of benzene rings is 2. The van der Waals surface area contributed by atoms with E-state index in [2.05, 4.69) is 58.5 Å². The van der Waals surface area contributed by atoms with E-state index in [4.69, 9.17) is 0 Å². The molecule has 1 aromatic heterocycles. The molecule has 0 aliphatic carbocycles. The number of amides is 1. The van der Waals surface area contributed by atoms with Crippen molar-refractivity contribution in [1.82, 2.24) is 9.88 Å². The molecule has 0 saturated carbocycles. The highest BCUT2D eigenvalue weighted by molar-refractivity contribution is 8.26. The Morgan fingerprint density at radius 1 is 1.00 bits per heavy atom. The number of carbonyl (C=O) groups is 2. The van der Waals surface area contributed by atoms with Crippen molar-refractivity contribution in [2.75, 3.05) is 0 Å². The monoisotopic (exact) mass is 350 g/mol. The Labute approximate surface area is 150 Å². The molecule has 5 heteroatoms. The molecule has 0 radical (unpaired) electrons. The Kier molecular flexibility index (Phi) is 4.32. The van der Waals surface area contributed by atoms with E-state index in [9.17, 15) is 9.59 Å². The number of nitrogens with zero attached hydrogens (tertiary/aromatic N) is 1. The summed E-state index contributed by atoms with van der Waals surface area (Å²) in [7, 11) is 0. The van der Waals surface area contributed by atoms with Crippen LogP contribution in [0.4, 0.5) is 4.79 Å². The molecule has 1 fully saturated rings. The first-order valence-electron chi connectivity index (χ1n) is 8.33. The zero-order valence-electron chi connectivity index (χ0n) is 13.6. The van der Waals surface area contributed by atoms with E-state index in [1.165, 1.54) is 11.1 Å². The van der Waals surface area contributed by atoms with Gasteiger partial charge in [-0.3, -0.25) is 9.59 Å². The molecule has 0 spiro atoms. The Morgan fingerprint density at radius 3 is 2.60 bits per heavy atom. The minimum atomic E-state index is -0.407. The second-order valence-electron chi connectivity index (χ2n) is 6.25. The summed E-state index contributed by atoms with van der Waals surface area (Å²) in [5.74, 6) is 0. The van der Waals surface area contributed by atoms with E-state index in [1.54, 1.807) is 0 Å². The van der Waals surface area contributed by atoms with Crippen LogP contribution in [0, 0.1) is 0 Å². The van der Waals surface area contributed by atoms with Gasteiger partial charge in [0.05, 0.1) is 0 Å². The van der Waals surface area contributed by atoms with E-state index in [-0.39, 0.29) is 10.4 Å². The Balaban J connectivity index is 1.49. The fourth-order valence-corrected chi connectivity index (χ4v) is 3.90. The van der Waals surface area contributed by atoms with Crippen LogP contribution in [0.15, 0.2) is 60.8 Å². The van der Waals surface area contributed by atoms with E-state index in [0.717, 1.165) is 35.7 Å². The normalized spacial score (nSPS) is 17.2. The number of thioether (sulfide) groups is 1. The Morgan fingerprint density at radius 2 is 1.84 bits per heavy atom. The van der Waals surface area contributed by atoms with Crippen LogP contribution < -0.4 is 5.32 Å². The van der Waals surface area contributed by atoms with Crippen LogP contribution in [0.2, 0.25) is 0 Å². The number of rotatable bonds is 5. The topological polar surface area (TPSA) is 51.1 Å². The average molecular weight is 350 g/mol. The lowest BCUT2D eigenvalue weighted by Crippen LogP contribution is -2.30. The molecule has 1 amide bonds. The maximum absolute atomic E-state index is 11.8. The summed E-state index contributed by atoms with van der Waals surface area (Å²) in [5.41, 5.74) is 3.58. The van der Waals surface area contributed by atoms with Gasteiger partial charge in [0, 0.05) is 36.4 Å². The molecule has 2 heterocycles. The van der Waals surface area contributed by atoms with Crippen molar-refractivity contribution in [1.29, 1.82) is 0 Å². The van der Waals surface area contributed by atoms with Crippen molar-refractivity contribution < 1.29 is 9.59 Å². The molecule has 2 aromatic carbocycles. The number of carbonyl (C=O) groups excluding carboxylic acids is 2. The third-order valence-electron chi connectivity index (χ3n) is 4.53. The SMILES string of the molecule is O=C1NC(Cc2ccc3c(ccn3CCc3ccccc3)c2)C(=O)S1. The second-order valence-corrected chi connectivity index (χ2v) is 7.22. The molecular weight excluding hydrogens is 332 g/mol. The average Bonchev–Trinajstić information content (AvgIpc) is 3.16. The first-order chi connectivity index (χ1) is 12.2. The summed E-state index contributed by atoms with van der Waals surface area (Å²) >= 11 is 0.767. The van der Waals surface area contributed by atoms with Gasteiger partial charge in [0.25, 0.3) is 5.24 Å². The number of aromatic nitrogens is 1. The van der Waals surface area contributed by atoms with Crippen LogP contribution in [0.3, 0.4) is 0 Å². The Bertz CT molecular complexity index is 933. The largest absolute Gasteiger partial charge is 0.347 e. The predicted octanol–water partition coefficient (Wildman–Crippen LogP) is 3.78. The fraction of sp³-hybridized carbons (Fsp3) is 0.200. The standard InChI is InChI=1S/C20H18N2O2S/c23-19-17(21-20(24)25-19)13-15-6-7-18-16(12-15)9-11-22(18)10-8-14-4-2-1-3-5-14/h1-7,9,11-12,17H,8,10,13H2,(H,21,24). The lowest BCUT2D eigenvalue weighted by atomic mass is 10.1. The minimum absolute atomic E-state index is 0.0921. The molecule has 3 aromatic rings. The number of hydrogen-bond acceptors (Lipinski definition) is 3. The van der Waals surface area contributed by atoms with Crippen LogP contribution in [-0.4, -0.2) is 21.0 Å². The van der Waals surface area contributed by atoms with E-state index in [0.29, 0.717) is 6.42 Å². The van der Waals surface area contributed by atoms with Gasteiger partial charge in [0.1, 0.15) is 6.04 Å². The quantitative estimate of drug-likeness (QED) is 0.762. The van der Waals surface area contributed by atoms with Crippen molar-refractivity contribution in [3.63, 3.8) is 0 Å². The third kappa shape index (κ3) is 3.46. The zero-order chi connectivity index (χ0) is 17.2. The molecular formula is C20H18N2O2S. The first-order valence-corrected chi connectivity index (χ1v) is 9.14. The minimum Gasteiger partial charge on any atom is -0.347 e. The van der Waals surface area contributed by atoms with Gasteiger partial charge >= 0.3 is 0 Å². The highest BCUT2D eigenvalue weighted by Crippen LogP contribution is 2.22. The van der Waals surface area contributed by atoms with Crippen molar-refractivity contribution in [3.05, 3.63) is 71.9 Å². The first kappa shape index (κ1) is 16.0. The third-order valence-corrected chi connectivity index (χ3v) is 5.32. The van der Waals surface area contributed by atoms with E-state index >= 15 is 0 Å². The number of nitrogens with one attached hydrogen (secondary N) is 1. The van der Waals surface area contributed by atoms with Gasteiger partial charge in [-0.05, 0) is 41.1 Å². The lowest BCUT2D eigenvalue weighted by Gasteiger charge is -2.09. The van der Waals surface area contributed by atoms with Gasteiger partial charge in [0.2, 0.25) is 5.12 Å². The van der Waals surface area contributed by atoms with Crippen molar-refractivity contribution >= 4 is 33.0 Å². The molecule has 1 aliphatic heterocycles. The van der Waals surface area contributed by atoms with Gasteiger partial charge < -0.3 is 9.88 Å². The summed E-state index contributed by atoms with van der Waals surface area (Å²) in [5, 5.41) is 3.54. The summed E-state index contributed by atoms with van der Waals surface area (Å²) in [6, 6.07) is 18.4. The number of aryl methyl sites for hydroxylation is 2. The summed E-state index contributed by atoms with van der Waals surface area (Å²) in [4.78, 5) is 23.0. The summed E-state index contributed by atoms with van der Waals surface area (Å²) < 4.78 is 2.25. The van der Waals surface area contributed by atoms with Gasteiger partial charge in [-0.25, -0.2) is 0 Å². The van der Waals surface area contributed by atoms with Crippen molar-refractivity contribution in [2.45, 2.75) is 25.4 Å². The zero-order valence-corrected chi connectivity index (χ0v) is 14.5. The number of fused-ring (bicyclic) bond motifs is 1. The highest BCUT2D eigenvalue weighted by Gasteiger charge is 2.31. The molecule has 126 valence electrons. The van der Waals surface area contributed by atoms with Crippen LogP contribution in [-0.2, 0) is 24.2 Å². The summed E-state index contributed by atoms with van der Waals surface area (Å²) in [6.07, 6.45) is 3.64. The number of hydrogen-bond donors (Lipinski definition) is 1. The maximum Gasteiger partial charge on any atom is 0.287 e. The predicted molar refractivity (Wildman–Crippen MR) is 101 cm³/mol. The van der Waals surface area contributed by atoms with Crippen LogP contribution in [0.5, 0.6) is 0 Å². The molecule has 4 nitrogen and oxygen atoms in total. The van der Waals surface area contributed by atoms with Crippen molar-refractivity contribution in [2.24, 2.45) is 0 Å².